The molecule has 1 aromatic carbocycles. The molecule has 3 N–H and O–H groups in total. The van der Waals surface area contributed by atoms with E-state index in [1.165, 1.54) is 18.2 Å². The number of amides is 1. The van der Waals surface area contributed by atoms with Crippen molar-refractivity contribution >= 4 is 23.5 Å². The van der Waals surface area contributed by atoms with Gasteiger partial charge in [-0.25, -0.2) is 0 Å². The fourth-order valence-electron chi connectivity index (χ4n) is 2.20. The average Bonchev–Trinajstić information content (AvgIpc) is 2.29. The summed E-state index contributed by atoms with van der Waals surface area (Å²) in [6.45, 7) is 0. The van der Waals surface area contributed by atoms with Crippen LogP contribution in [0.1, 0.15) is 36.0 Å². The molecule has 0 radical (unpaired) electrons. The van der Waals surface area contributed by atoms with Crippen LogP contribution in [0.4, 0.5) is 0 Å². The van der Waals surface area contributed by atoms with Gasteiger partial charge in [0.15, 0.2) is 0 Å². The number of carbonyl (C=O) groups is 2. The summed E-state index contributed by atoms with van der Waals surface area (Å²) in [5.41, 5.74) is -0.340. The monoisotopic (exact) mass is 283 g/mol. The summed E-state index contributed by atoms with van der Waals surface area (Å²) in [7, 11) is 0. The quantitative estimate of drug-likeness (QED) is 0.790. The van der Waals surface area contributed by atoms with Gasteiger partial charge < -0.3 is 15.5 Å². The van der Waals surface area contributed by atoms with Crippen molar-refractivity contribution in [1.82, 2.24) is 5.32 Å². The minimum Gasteiger partial charge on any atom is -0.506 e. The van der Waals surface area contributed by atoms with Crippen LogP contribution in [0.3, 0.4) is 0 Å². The molecule has 0 saturated heterocycles. The van der Waals surface area contributed by atoms with Crippen molar-refractivity contribution in [2.24, 2.45) is 0 Å². The Morgan fingerprint density at radius 2 is 2.05 bits per heavy atom. The van der Waals surface area contributed by atoms with Crippen LogP contribution in [0, 0.1) is 0 Å². The van der Waals surface area contributed by atoms with Gasteiger partial charge in [-0.2, -0.15) is 0 Å². The number of hydrogen-bond donors (Lipinski definition) is 3. The van der Waals surface area contributed by atoms with Gasteiger partial charge >= 0.3 is 5.97 Å². The van der Waals surface area contributed by atoms with E-state index in [1.807, 2.05) is 0 Å². The molecule has 5 nitrogen and oxygen atoms in total. The summed E-state index contributed by atoms with van der Waals surface area (Å²) in [6.07, 6.45) is 2.15. The number of aromatic hydroxyl groups is 1. The second-order valence-corrected chi connectivity index (χ2v) is 5.23. The molecule has 0 unspecified atom stereocenters. The van der Waals surface area contributed by atoms with Crippen LogP contribution in [-0.4, -0.2) is 27.6 Å². The number of nitrogens with one attached hydrogen (secondary N) is 1. The van der Waals surface area contributed by atoms with Crippen molar-refractivity contribution in [2.45, 2.75) is 31.2 Å². The van der Waals surface area contributed by atoms with Crippen LogP contribution in [0.15, 0.2) is 18.2 Å². The zero-order chi connectivity index (χ0) is 14.0. The van der Waals surface area contributed by atoms with Gasteiger partial charge in [-0.05, 0) is 37.5 Å². The molecular weight excluding hydrogens is 270 g/mol. The normalized spacial score (nSPS) is 16.5. The Hall–Kier alpha value is -1.75. The molecule has 0 aliphatic heterocycles. The first-order valence-electron chi connectivity index (χ1n) is 5.95. The lowest BCUT2D eigenvalue weighted by Crippen LogP contribution is -2.54. The van der Waals surface area contributed by atoms with E-state index in [-0.39, 0.29) is 23.1 Å². The molecule has 1 fully saturated rings. The fourth-order valence-corrected chi connectivity index (χ4v) is 2.38. The van der Waals surface area contributed by atoms with Crippen LogP contribution in [0.5, 0.6) is 5.75 Å². The van der Waals surface area contributed by atoms with Crippen LogP contribution in [0.25, 0.3) is 0 Å². The van der Waals surface area contributed by atoms with Gasteiger partial charge in [0.05, 0.1) is 17.0 Å². The Kier molecular flexibility index (Phi) is 3.66. The molecule has 6 heteroatoms. The third-order valence-corrected chi connectivity index (χ3v) is 3.69. The summed E-state index contributed by atoms with van der Waals surface area (Å²) in [4.78, 5) is 22.9. The molecule has 0 spiro atoms. The Morgan fingerprint density at radius 3 is 2.53 bits per heavy atom. The van der Waals surface area contributed by atoms with E-state index in [1.54, 1.807) is 0 Å². The summed E-state index contributed by atoms with van der Waals surface area (Å²) < 4.78 is 0. The predicted octanol–water partition coefficient (Wildman–Crippen LogP) is 2.17. The zero-order valence-electron chi connectivity index (χ0n) is 10.1. The molecule has 102 valence electrons. The van der Waals surface area contributed by atoms with Crippen molar-refractivity contribution in [3.05, 3.63) is 28.8 Å². The lowest BCUT2D eigenvalue weighted by atomic mass is 9.74. The molecule has 1 aliphatic rings. The highest BCUT2D eigenvalue weighted by Gasteiger charge is 2.40. The maximum atomic E-state index is 12.1. The van der Waals surface area contributed by atoms with E-state index in [0.717, 1.165) is 6.42 Å². The van der Waals surface area contributed by atoms with Crippen LogP contribution in [-0.2, 0) is 4.79 Å². The number of rotatable bonds is 4. The maximum Gasteiger partial charge on any atom is 0.305 e. The zero-order valence-corrected chi connectivity index (χ0v) is 10.9. The van der Waals surface area contributed by atoms with Gasteiger partial charge in [0.25, 0.3) is 5.91 Å². The van der Waals surface area contributed by atoms with Crippen LogP contribution >= 0.6 is 11.6 Å². The summed E-state index contributed by atoms with van der Waals surface area (Å²) >= 11 is 5.74. The number of benzene rings is 1. The third-order valence-electron chi connectivity index (χ3n) is 3.39. The van der Waals surface area contributed by atoms with Crippen molar-refractivity contribution in [3.63, 3.8) is 0 Å². The van der Waals surface area contributed by atoms with E-state index >= 15 is 0 Å². The molecule has 0 heterocycles. The van der Waals surface area contributed by atoms with Gasteiger partial charge in [0, 0.05) is 5.56 Å². The van der Waals surface area contributed by atoms with Crippen molar-refractivity contribution < 1.29 is 19.8 Å². The van der Waals surface area contributed by atoms with Crippen molar-refractivity contribution in [3.8, 4) is 5.75 Å². The predicted molar refractivity (Wildman–Crippen MR) is 69.4 cm³/mol. The number of hydrogen-bond acceptors (Lipinski definition) is 3. The maximum absolute atomic E-state index is 12.1. The lowest BCUT2D eigenvalue weighted by Gasteiger charge is -2.41. The highest BCUT2D eigenvalue weighted by Crippen LogP contribution is 2.35. The summed E-state index contributed by atoms with van der Waals surface area (Å²) in [5.74, 6) is -1.39. The number of phenols is 1. The molecule has 0 aromatic heterocycles. The second-order valence-electron chi connectivity index (χ2n) is 4.82. The summed E-state index contributed by atoms with van der Waals surface area (Å²) in [5, 5.41) is 21.0. The van der Waals surface area contributed by atoms with Gasteiger partial charge in [0.2, 0.25) is 0 Å². The molecule has 0 atom stereocenters. The standard InChI is InChI=1S/C13H14ClNO4/c14-9-6-8(2-3-10(9)16)12(19)15-13(4-1-5-13)7-11(17)18/h2-3,6,16H,1,4-5,7H2,(H,15,19)(H,17,18). The molecule has 19 heavy (non-hydrogen) atoms. The van der Waals surface area contributed by atoms with E-state index in [2.05, 4.69) is 5.32 Å². The molecule has 2 rings (SSSR count). The topological polar surface area (TPSA) is 86.6 Å². The van der Waals surface area contributed by atoms with E-state index < -0.39 is 11.5 Å². The minimum atomic E-state index is -0.927. The first-order valence-corrected chi connectivity index (χ1v) is 6.32. The largest absolute Gasteiger partial charge is 0.506 e. The number of carboxylic acids is 1. The smallest absolute Gasteiger partial charge is 0.305 e. The third kappa shape index (κ3) is 2.98. The molecule has 0 bridgehead atoms. The summed E-state index contributed by atoms with van der Waals surface area (Å²) in [6, 6.07) is 4.14. The molecule has 1 aliphatic carbocycles. The van der Waals surface area contributed by atoms with Crippen molar-refractivity contribution in [2.75, 3.05) is 0 Å². The molecular formula is C13H14ClNO4. The Bertz CT molecular complexity index is 525. The van der Waals surface area contributed by atoms with Crippen LogP contribution < -0.4 is 5.32 Å². The Labute approximate surface area is 115 Å². The van der Waals surface area contributed by atoms with E-state index in [0.29, 0.717) is 18.4 Å². The first-order chi connectivity index (χ1) is 8.92. The number of carboxylic acid groups (broad SMARTS) is 1. The number of aliphatic carboxylic acids is 1. The van der Waals surface area contributed by atoms with Gasteiger partial charge in [-0.3, -0.25) is 9.59 Å². The Balaban J connectivity index is 2.11. The fraction of sp³-hybridized carbons (Fsp3) is 0.385. The minimum absolute atomic E-state index is 0.0788. The second kappa shape index (κ2) is 5.09. The number of halogens is 1. The highest BCUT2D eigenvalue weighted by molar-refractivity contribution is 6.32. The van der Waals surface area contributed by atoms with E-state index in [9.17, 15) is 14.7 Å². The number of phenolic OH excluding ortho intramolecular Hbond substituents is 1. The van der Waals surface area contributed by atoms with E-state index in [4.69, 9.17) is 16.7 Å². The first kappa shape index (κ1) is 13.7. The SMILES string of the molecule is O=C(O)CC1(NC(=O)c2ccc(O)c(Cl)c2)CCC1. The molecule has 1 aromatic rings. The van der Waals surface area contributed by atoms with Gasteiger partial charge in [-0.15, -0.1) is 0 Å². The number of carbonyl (C=O) groups excluding carboxylic acids is 1. The average molecular weight is 284 g/mol. The van der Waals surface area contributed by atoms with Crippen molar-refractivity contribution in [1.29, 1.82) is 0 Å². The highest BCUT2D eigenvalue weighted by atomic mass is 35.5. The molecule has 1 amide bonds. The molecule has 1 saturated carbocycles. The lowest BCUT2D eigenvalue weighted by molar-refractivity contribution is -0.139. The van der Waals surface area contributed by atoms with Gasteiger partial charge in [0.1, 0.15) is 5.75 Å². The Morgan fingerprint density at radius 1 is 1.37 bits per heavy atom. The van der Waals surface area contributed by atoms with Crippen LogP contribution in [0.2, 0.25) is 5.02 Å². The van der Waals surface area contributed by atoms with Gasteiger partial charge in [-0.1, -0.05) is 11.6 Å².